The van der Waals surface area contributed by atoms with E-state index in [0.717, 1.165) is 11.6 Å². The Morgan fingerprint density at radius 3 is 2.56 bits per heavy atom. The van der Waals surface area contributed by atoms with Gasteiger partial charge in [0.25, 0.3) is 0 Å². The van der Waals surface area contributed by atoms with Gasteiger partial charge in [-0.3, -0.25) is 9.67 Å². The summed E-state index contributed by atoms with van der Waals surface area (Å²) in [6.07, 6.45) is 3.81. The summed E-state index contributed by atoms with van der Waals surface area (Å²) in [6, 6.07) is 3.76. The Morgan fingerprint density at radius 2 is 2.00 bits per heavy atom. The van der Waals surface area contributed by atoms with Crippen LogP contribution in [0.1, 0.15) is 37.1 Å². The molecule has 0 saturated carbocycles. The van der Waals surface area contributed by atoms with Gasteiger partial charge in [-0.05, 0) is 45.6 Å². The van der Waals surface area contributed by atoms with Gasteiger partial charge >= 0.3 is 0 Å². The molecule has 0 radical (unpaired) electrons. The number of halogens is 2. The monoisotopic (exact) mass is 378 g/mol. The topological polar surface area (TPSA) is 57.5 Å². The second kappa shape index (κ2) is 9.45. The van der Waals surface area contributed by atoms with Crippen LogP contribution >= 0.6 is 0 Å². The summed E-state index contributed by atoms with van der Waals surface area (Å²) in [5.74, 6) is -1.09. The zero-order chi connectivity index (χ0) is 20.0. The Morgan fingerprint density at radius 1 is 1.26 bits per heavy atom. The van der Waals surface area contributed by atoms with Gasteiger partial charge in [0.05, 0.1) is 24.8 Å². The summed E-state index contributed by atoms with van der Waals surface area (Å²) in [5.41, 5.74) is 1.73. The molecule has 0 aliphatic carbocycles. The minimum Gasteiger partial charge on any atom is -0.357 e. The molecule has 0 saturated heterocycles. The van der Waals surface area contributed by atoms with E-state index in [1.807, 2.05) is 47.4 Å². The number of hydrogen-bond acceptors (Lipinski definition) is 3. The lowest BCUT2D eigenvalue weighted by atomic mass is 10.1. The second-order valence-corrected chi connectivity index (χ2v) is 6.69. The van der Waals surface area contributed by atoms with Gasteiger partial charge in [-0.2, -0.15) is 5.10 Å². The van der Waals surface area contributed by atoms with Crippen molar-refractivity contribution in [2.24, 2.45) is 12.0 Å². The van der Waals surface area contributed by atoms with Crippen LogP contribution in [-0.4, -0.2) is 47.8 Å². The van der Waals surface area contributed by atoms with Gasteiger partial charge in [-0.15, -0.1) is 0 Å². The molecule has 0 bridgehead atoms. The van der Waals surface area contributed by atoms with Crippen molar-refractivity contribution in [1.29, 1.82) is 0 Å². The van der Waals surface area contributed by atoms with E-state index in [0.29, 0.717) is 24.6 Å². The molecule has 0 aliphatic heterocycles. The van der Waals surface area contributed by atoms with Crippen molar-refractivity contribution in [3.63, 3.8) is 0 Å². The van der Waals surface area contributed by atoms with Crippen LogP contribution in [-0.2, 0) is 7.05 Å². The third-order valence-corrected chi connectivity index (χ3v) is 4.30. The lowest BCUT2D eigenvalue weighted by Gasteiger charge is -2.23. The zero-order valence-corrected chi connectivity index (χ0v) is 16.5. The Balaban J connectivity index is 2.13. The van der Waals surface area contributed by atoms with Gasteiger partial charge in [0.2, 0.25) is 0 Å². The number of aromatic nitrogens is 2. The van der Waals surface area contributed by atoms with Gasteiger partial charge < -0.3 is 15.5 Å². The number of nitrogens with one attached hydrogen (secondary N) is 2. The Hall–Kier alpha value is -2.48. The highest BCUT2D eigenvalue weighted by atomic mass is 19.2. The van der Waals surface area contributed by atoms with Crippen LogP contribution in [0.3, 0.4) is 0 Å². The first-order valence-electron chi connectivity index (χ1n) is 8.96. The summed E-state index contributed by atoms with van der Waals surface area (Å²) in [7, 11) is 5.88. The van der Waals surface area contributed by atoms with Gasteiger partial charge in [0.15, 0.2) is 17.6 Å². The summed E-state index contributed by atoms with van der Waals surface area (Å²) in [5, 5.41) is 10.7. The fraction of sp³-hybridized carbons (Fsp3) is 0.474. The molecule has 27 heavy (non-hydrogen) atoms. The summed E-state index contributed by atoms with van der Waals surface area (Å²) < 4.78 is 28.4. The number of guanidine groups is 1. The maximum Gasteiger partial charge on any atom is 0.191 e. The van der Waals surface area contributed by atoms with Crippen LogP contribution < -0.4 is 10.6 Å². The maximum atomic E-state index is 13.5. The normalized spacial score (nSPS) is 14.3. The van der Waals surface area contributed by atoms with Crippen LogP contribution in [0.2, 0.25) is 0 Å². The van der Waals surface area contributed by atoms with E-state index >= 15 is 0 Å². The number of aliphatic imine (C=N–C) groups is 1. The molecular weight excluding hydrogens is 350 g/mol. The molecular formula is C19H28F2N6. The summed E-state index contributed by atoms with van der Waals surface area (Å²) in [4.78, 5) is 6.76. The average molecular weight is 378 g/mol. The highest BCUT2D eigenvalue weighted by Gasteiger charge is 2.16. The van der Waals surface area contributed by atoms with Crippen molar-refractivity contribution in [2.45, 2.75) is 25.9 Å². The Bertz CT molecular complexity index is 771. The van der Waals surface area contributed by atoms with E-state index in [4.69, 9.17) is 0 Å². The molecule has 2 unspecified atom stereocenters. The first-order valence-corrected chi connectivity index (χ1v) is 8.96. The number of aryl methyl sites for hydroxylation is 1. The molecule has 2 atom stereocenters. The molecule has 6 nitrogen and oxygen atoms in total. The molecule has 0 fully saturated rings. The van der Waals surface area contributed by atoms with Crippen molar-refractivity contribution in [3.05, 3.63) is 53.4 Å². The predicted molar refractivity (Wildman–Crippen MR) is 104 cm³/mol. The Kier molecular flexibility index (Phi) is 7.29. The first kappa shape index (κ1) is 20.8. The van der Waals surface area contributed by atoms with Gasteiger partial charge in [0.1, 0.15) is 0 Å². The minimum atomic E-state index is -0.854. The number of likely N-dealkylation sites (N-methyl/N-ethyl adjacent to an activating group) is 1. The lowest BCUT2D eigenvalue weighted by molar-refractivity contribution is 0.306. The van der Waals surface area contributed by atoms with Gasteiger partial charge in [-0.25, -0.2) is 8.78 Å². The summed E-state index contributed by atoms with van der Waals surface area (Å²) in [6.45, 7) is 5.07. The molecule has 2 rings (SSSR count). The predicted octanol–water partition coefficient (Wildman–Crippen LogP) is 2.62. The fourth-order valence-corrected chi connectivity index (χ4v) is 2.75. The van der Waals surface area contributed by atoms with Gasteiger partial charge in [-0.1, -0.05) is 6.07 Å². The van der Waals surface area contributed by atoms with Crippen LogP contribution in [0.25, 0.3) is 0 Å². The van der Waals surface area contributed by atoms with E-state index in [-0.39, 0.29) is 12.1 Å². The molecule has 0 aliphatic rings. The minimum absolute atomic E-state index is 0.0766. The maximum absolute atomic E-state index is 13.5. The number of benzene rings is 1. The zero-order valence-electron chi connectivity index (χ0n) is 16.5. The second-order valence-electron chi connectivity index (χ2n) is 6.69. The van der Waals surface area contributed by atoms with E-state index in [9.17, 15) is 8.78 Å². The third kappa shape index (κ3) is 5.75. The molecule has 2 aromatic rings. The number of hydrogen-bond donors (Lipinski definition) is 2. The quantitative estimate of drug-likeness (QED) is 0.574. The standard InChI is InChI=1S/C19H28F2N6/c1-6-22-19(25-13(2)14-7-8-16(20)17(21)9-14)23-11-18(26(3)4)15-10-24-27(5)12-15/h7-10,12-13,18H,6,11H2,1-5H3,(H2,22,23,25). The van der Waals surface area contributed by atoms with Crippen molar-refractivity contribution in [1.82, 2.24) is 25.3 Å². The molecule has 0 amide bonds. The largest absolute Gasteiger partial charge is 0.357 e. The van der Waals surface area contributed by atoms with Crippen molar-refractivity contribution in [2.75, 3.05) is 27.2 Å². The van der Waals surface area contributed by atoms with Gasteiger partial charge in [0, 0.05) is 25.4 Å². The van der Waals surface area contributed by atoms with E-state index in [1.165, 1.54) is 6.07 Å². The van der Waals surface area contributed by atoms with Crippen LogP contribution in [0.15, 0.2) is 35.6 Å². The van der Waals surface area contributed by atoms with E-state index in [2.05, 4.69) is 25.6 Å². The first-order chi connectivity index (χ1) is 12.8. The van der Waals surface area contributed by atoms with Crippen molar-refractivity contribution in [3.8, 4) is 0 Å². The molecule has 0 spiro atoms. The molecule has 1 aromatic heterocycles. The van der Waals surface area contributed by atoms with Crippen molar-refractivity contribution >= 4 is 5.96 Å². The molecule has 148 valence electrons. The highest BCUT2D eigenvalue weighted by molar-refractivity contribution is 5.80. The SMILES string of the molecule is CCNC(=NCC(c1cnn(C)c1)N(C)C)NC(C)c1ccc(F)c(F)c1. The molecule has 1 aromatic carbocycles. The summed E-state index contributed by atoms with van der Waals surface area (Å²) >= 11 is 0. The average Bonchev–Trinajstić information content (AvgIpc) is 3.03. The van der Waals surface area contributed by atoms with Crippen LogP contribution in [0.5, 0.6) is 0 Å². The number of nitrogens with zero attached hydrogens (tertiary/aromatic N) is 4. The molecule has 2 N–H and O–H groups in total. The number of rotatable bonds is 7. The Labute approximate surface area is 159 Å². The van der Waals surface area contributed by atoms with Crippen LogP contribution in [0.4, 0.5) is 8.78 Å². The van der Waals surface area contributed by atoms with E-state index in [1.54, 1.807) is 10.7 Å². The molecule has 8 heteroatoms. The van der Waals surface area contributed by atoms with Crippen LogP contribution in [0, 0.1) is 11.6 Å². The fourth-order valence-electron chi connectivity index (χ4n) is 2.75. The highest BCUT2D eigenvalue weighted by Crippen LogP contribution is 2.18. The molecule has 1 heterocycles. The lowest BCUT2D eigenvalue weighted by Crippen LogP contribution is -2.39. The van der Waals surface area contributed by atoms with Crippen molar-refractivity contribution < 1.29 is 8.78 Å². The third-order valence-electron chi connectivity index (χ3n) is 4.30. The smallest absolute Gasteiger partial charge is 0.191 e. The van der Waals surface area contributed by atoms with E-state index < -0.39 is 11.6 Å².